The summed E-state index contributed by atoms with van der Waals surface area (Å²) >= 11 is 5.62. The minimum Gasteiger partial charge on any atom is -0.505 e. The van der Waals surface area contributed by atoms with Crippen LogP contribution in [0.5, 0.6) is 5.75 Å². The van der Waals surface area contributed by atoms with Crippen molar-refractivity contribution in [2.45, 2.75) is 33.2 Å². The average molecular weight is 273 g/mol. The van der Waals surface area contributed by atoms with Crippen LogP contribution in [-0.4, -0.2) is 27.3 Å². The van der Waals surface area contributed by atoms with Crippen LogP contribution in [0.25, 0.3) is 0 Å². The van der Waals surface area contributed by atoms with E-state index in [1.807, 2.05) is 20.8 Å². The quantitative estimate of drug-likeness (QED) is 0.739. The smallest absolute Gasteiger partial charge is 0.404 e. The van der Waals surface area contributed by atoms with Gasteiger partial charge in [0.2, 0.25) is 0 Å². The summed E-state index contributed by atoms with van der Waals surface area (Å²) in [6, 6.07) is 1.22. The first kappa shape index (κ1) is 14.6. The highest BCUT2D eigenvalue weighted by atomic mass is 35.5. The number of aromatic nitrogens is 1. The minimum atomic E-state index is -1.07. The zero-order valence-corrected chi connectivity index (χ0v) is 11.3. The van der Waals surface area contributed by atoms with E-state index >= 15 is 0 Å². The molecule has 18 heavy (non-hydrogen) atoms. The fourth-order valence-corrected chi connectivity index (χ4v) is 1.65. The predicted molar refractivity (Wildman–Crippen MR) is 69.0 cm³/mol. The van der Waals surface area contributed by atoms with E-state index in [4.69, 9.17) is 16.7 Å². The van der Waals surface area contributed by atoms with Gasteiger partial charge in [0.25, 0.3) is 0 Å². The van der Waals surface area contributed by atoms with Crippen molar-refractivity contribution in [1.82, 2.24) is 10.3 Å². The third-order valence-electron chi connectivity index (χ3n) is 2.66. The van der Waals surface area contributed by atoms with Crippen LogP contribution in [0.1, 0.15) is 26.3 Å². The first-order valence-corrected chi connectivity index (χ1v) is 5.91. The summed E-state index contributed by atoms with van der Waals surface area (Å²) in [6.07, 6.45) is 0.902. The monoisotopic (exact) mass is 272 g/mol. The lowest BCUT2D eigenvalue weighted by atomic mass is 9.83. The van der Waals surface area contributed by atoms with E-state index in [1.165, 1.54) is 12.3 Å². The van der Waals surface area contributed by atoms with Crippen molar-refractivity contribution >= 4 is 17.7 Å². The number of nitrogens with zero attached hydrogens (tertiary/aromatic N) is 1. The molecule has 0 saturated heterocycles. The number of rotatable bonds is 3. The Morgan fingerprint density at radius 2 is 2.17 bits per heavy atom. The van der Waals surface area contributed by atoms with E-state index in [0.717, 1.165) is 5.56 Å². The lowest BCUT2D eigenvalue weighted by molar-refractivity contribution is 0.174. The van der Waals surface area contributed by atoms with Gasteiger partial charge in [-0.1, -0.05) is 32.4 Å². The van der Waals surface area contributed by atoms with E-state index in [-0.39, 0.29) is 22.4 Å². The fourth-order valence-electron chi connectivity index (χ4n) is 1.55. The maximum Gasteiger partial charge on any atom is 0.404 e. The summed E-state index contributed by atoms with van der Waals surface area (Å²) in [5.41, 5.74) is 0.485. The van der Waals surface area contributed by atoms with E-state index in [2.05, 4.69) is 10.3 Å². The Hall–Kier alpha value is -1.49. The number of hydrogen-bond donors (Lipinski definition) is 3. The molecule has 0 aliphatic rings. The number of nitrogens with one attached hydrogen (secondary N) is 1. The molecule has 0 fully saturated rings. The van der Waals surface area contributed by atoms with E-state index in [0.29, 0.717) is 6.42 Å². The third kappa shape index (κ3) is 4.07. The van der Waals surface area contributed by atoms with Crippen LogP contribution in [0, 0.1) is 5.41 Å². The molecule has 0 radical (unpaired) electrons. The second-order valence-corrected chi connectivity index (χ2v) is 5.58. The van der Waals surface area contributed by atoms with Crippen molar-refractivity contribution in [2.24, 2.45) is 5.41 Å². The molecule has 0 aliphatic heterocycles. The lowest BCUT2D eigenvalue weighted by Gasteiger charge is -2.30. The summed E-state index contributed by atoms with van der Waals surface area (Å²) in [6.45, 7) is 5.82. The van der Waals surface area contributed by atoms with Crippen molar-refractivity contribution in [2.75, 3.05) is 0 Å². The van der Waals surface area contributed by atoms with Gasteiger partial charge in [0.15, 0.2) is 10.9 Å². The number of carboxylic acid groups (broad SMARTS) is 1. The Balaban J connectivity index is 2.89. The Labute approximate surface area is 111 Å². The molecule has 1 heterocycles. The van der Waals surface area contributed by atoms with Gasteiger partial charge >= 0.3 is 6.09 Å². The number of halogens is 1. The molecule has 1 atom stereocenters. The largest absolute Gasteiger partial charge is 0.505 e. The number of hydrogen-bond acceptors (Lipinski definition) is 3. The molecular formula is C12H17ClN2O3. The van der Waals surface area contributed by atoms with E-state index in [9.17, 15) is 9.90 Å². The Kier molecular flexibility index (Phi) is 4.40. The summed E-state index contributed by atoms with van der Waals surface area (Å²) in [5, 5.41) is 20.8. The van der Waals surface area contributed by atoms with Gasteiger partial charge < -0.3 is 15.5 Å². The first-order valence-electron chi connectivity index (χ1n) is 5.53. The van der Waals surface area contributed by atoms with Gasteiger partial charge in [0.1, 0.15) is 0 Å². The van der Waals surface area contributed by atoms with E-state index < -0.39 is 6.09 Å². The lowest BCUT2D eigenvalue weighted by Crippen LogP contribution is -2.44. The number of pyridine rings is 1. The summed E-state index contributed by atoms with van der Waals surface area (Å²) in [4.78, 5) is 14.6. The third-order valence-corrected chi connectivity index (χ3v) is 2.95. The van der Waals surface area contributed by atoms with Crippen LogP contribution in [0.2, 0.25) is 5.15 Å². The second kappa shape index (κ2) is 5.44. The van der Waals surface area contributed by atoms with Crippen LogP contribution in [0.3, 0.4) is 0 Å². The molecule has 1 rings (SSSR count). The maximum absolute atomic E-state index is 10.8. The SMILES string of the molecule is CC(C)(C)[C@@H](Cc1cnc(Cl)c(O)c1)NC(=O)O. The van der Waals surface area contributed by atoms with Gasteiger partial charge in [-0.15, -0.1) is 0 Å². The molecule has 6 heteroatoms. The standard InChI is InChI=1S/C12H17ClN2O3/c1-12(2,3)9(15-11(17)18)5-7-4-8(16)10(13)14-6-7/h4,6,9,15-16H,5H2,1-3H3,(H,17,18)/t9-/m1/s1. The molecule has 100 valence electrons. The fraction of sp³-hybridized carbons (Fsp3) is 0.500. The van der Waals surface area contributed by atoms with Gasteiger partial charge in [-0.2, -0.15) is 0 Å². The number of amides is 1. The number of aromatic hydroxyl groups is 1. The second-order valence-electron chi connectivity index (χ2n) is 5.23. The van der Waals surface area contributed by atoms with Crippen LogP contribution >= 0.6 is 11.6 Å². The Morgan fingerprint density at radius 1 is 1.56 bits per heavy atom. The highest BCUT2D eigenvalue weighted by Gasteiger charge is 2.26. The molecule has 1 aromatic heterocycles. The van der Waals surface area contributed by atoms with Crippen molar-refractivity contribution in [3.8, 4) is 5.75 Å². The van der Waals surface area contributed by atoms with Crippen molar-refractivity contribution in [1.29, 1.82) is 0 Å². The number of carbonyl (C=O) groups is 1. The molecule has 3 N–H and O–H groups in total. The summed E-state index contributed by atoms with van der Waals surface area (Å²) in [5.74, 6) is -0.0999. The summed E-state index contributed by atoms with van der Waals surface area (Å²) < 4.78 is 0. The minimum absolute atomic E-state index is 0.0391. The van der Waals surface area contributed by atoms with Crippen LogP contribution < -0.4 is 5.32 Å². The molecular weight excluding hydrogens is 256 g/mol. The molecule has 0 bridgehead atoms. The van der Waals surface area contributed by atoms with Gasteiger partial charge in [-0.3, -0.25) is 0 Å². The molecule has 0 aromatic carbocycles. The molecule has 0 unspecified atom stereocenters. The molecule has 1 amide bonds. The van der Waals surface area contributed by atoms with Crippen LogP contribution in [0.15, 0.2) is 12.3 Å². The van der Waals surface area contributed by atoms with Gasteiger partial charge in [-0.05, 0) is 23.5 Å². The van der Waals surface area contributed by atoms with Gasteiger partial charge in [-0.25, -0.2) is 9.78 Å². The Morgan fingerprint density at radius 3 is 2.61 bits per heavy atom. The van der Waals surface area contributed by atoms with Crippen molar-refractivity contribution < 1.29 is 15.0 Å². The van der Waals surface area contributed by atoms with Crippen molar-refractivity contribution in [3.05, 3.63) is 23.0 Å². The van der Waals surface area contributed by atoms with Crippen molar-refractivity contribution in [3.63, 3.8) is 0 Å². The molecule has 0 spiro atoms. The molecule has 0 aliphatic carbocycles. The molecule has 0 saturated carbocycles. The highest BCUT2D eigenvalue weighted by molar-refractivity contribution is 6.30. The average Bonchev–Trinajstić information content (AvgIpc) is 2.20. The summed E-state index contributed by atoms with van der Waals surface area (Å²) in [7, 11) is 0. The van der Waals surface area contributed by atoms with Gasteiger partial charge in [0.05, 0.1) is 0 Å². The topological polar surface area (TPSA) is 82.5 Å². The Bertz CT molecular complexity index is 443. The maximum atomic E-state index is 10.8. The van der Waals surface area contributed by atoms with Gasteiger partial charge in [0, 0.05) is 12.2 Å². The highest BCUT2D eigenvalue weighted by Crippen LogP contribution is 2.26. The van der Waals surface area contributed by atoms with Crippen LogP contribution in [-0.2, 0) is 6.42 Å². The normalized spacial score (nSPS) is 13.1. The first-order chi connectivity index (χ1) is 8.20. The zero-order chi connectivity index (χ0) is 13.9. The molecule has 5 nitrogen and oxygen atoms in total. The zero-order valence-electron chi connectivity index (χ0n) is 10.6. The molecule has 1 aromatic rings. The predicted octanol–water partition coefficient (Wildman–Crippen LogP) is 2.67. The van der Waals surface area contributed by atoms with Crippen LogP contribution in [0.4, 0.5) is 4.79 Å². The van der Waals surface area contributed by atoms with E-state index in [1.54, 1.807) is 0 Å².